The lowest BCUT2D eigenvalue weighted by atomic mass is 9.78. The minimum Gasteiger partial charge on any atom is -0.480 e. The minimum absolute atomic E-state index is 0.180. The zero-order chi connectivity index (χ0) is 13.8. The van der Waals surface area contributed by atoms with Crippen LogP contribution in [0.25, 0.3) is 0 Å². The molecule has 7 nitrogen and oxygen atoms in total. The van der Waals surface area contributed by atoms with E-state index in [1.807, 2.05) is 4.90 Å². The molecule has 1 rings (SSSR count). The van der Waals surface area contributed by atoms with E-state index in [9.17, 15) is 9.90 Å². The molecule has 0 bridgehead atoms. The second kappa shape index (κ2) is 6.49. The fraction of sp³-hybridized carbons (Fsp3) is 0.900. The van der Waals surface area contributed by atoms with E-state index in [1.165, 1.54) is 0 Å². The Labute approximate surface area is 107 Å². The Morgan fingerprint density at radius 3 is 2.67 bits per heavy atom. The monoisotopic (exact) mass is 259 g/mol. The second-order valence-electron chi connectivity index (χ2n) is 4.98. The number of aliphatic carboxylic acids is 1. The van der Waals surface area contributed by atoms with Gasteiger partial charge in [-0.3, -0.25) is 9.69 Å². The third-order valence-corrected chi connectivity index (χ3v) is 3.55. The lowest BCUT2D eigenvalue weighted by Crippen LogP contribution is -2.54. The Bertz CT molecular complexity index is 292. The third kappa shape index (κ3) is 3.66. The highest BCUT2D eigenvalue weighted by atomic mass is 16.4. The van der Waals surface area contributed by atoms with Gasteiger partial charge < -0.3 is 26.6 Å². The van der Waals surface area contributed by atoms with Gasteiger partial charge in [0.1, 0.15) is 5.54 Å². The molecule has 7 N–H and O–H groups in total. The average molecular weight is 259 g/mol. The van der Waals surface area contributed by atoms with Gasteiger partial charge in [-0.2, -0.15) is 0 Å². The zero-order valence-corrected chi connectivity index (χ0v) is 10.5. The van der Waals surface area contributed by atoms with Crippen molar-refractivity contribution in [1.29, 1.82) is 0 Å². The summed E-state index contributed by atoms with van der Waals surface area (Å²) in [4.78, 5) is 13.3. The molecule has 0 amide bonds. The summed E-state index contributed by atoms with van der Waals surface area (Å²) >= 11 is 0. The Morgan fingerprint density at radius 1 is 1.50 bits per heavy atom. The maximum atomic E-state index is 11.3. The summed E-state index contributed by atoms with van der Waals surface area (Å²) in [6, 6.07) is 0. The molecule has 1 fully saturated rings. The molecule has 0 aromatic rings. The van der Waals surface area contributed by atoms with E-state index in [0.717, 1.165) is 0 Å². The highest BCUT2D eigenvalue weighted by Crippen LogP contribution is 2.30. The Balaban J connectivity index is 2.58. The fourth-order valence-electron chi connectivity index (χ4n) is 2.53. The summed E-state index contributed by atoms with van der Waals surface area (Å²) in [7, 11) is -1.34. The summed E-state index contributed by atoms with van der Waals surface area (Å²) in [5, 5.41) is 26.8. The molecule has 104 valence electrons. The van der Waals surface area contributed by atoms with Crippen molar-refractivity contribution >= 4 is 13.1 Å². The first-order valence-corrected chi connectivity index (χ1v) is 6.21. The van der Waals surface area contributed by atoms with Crippen LogP contribution in [-0.2, 0) is 4.79 Å². The van der Waals surface area contributed by atoms with Gasteiger partial charge in [0.05, 0.1) is 0 Å². The maximum absolute atomic E-state index is 11.3. The van der Waals surface area contributed by atoms with Gasteiger partial charge in [0.2, 0.25) is 0 Å². The Morgan fingerprint density at radius 2 is 2.17 bits per heavy atom. The van der Waals surface area contributed by atoms with E-state index < -0.39 is 18.6 Å². The summed E-state index contributed by atoms with van der Waals surface area (Å²) in [5.74, 6) is -1.18. The molecule has 1 saturated heterocycles. The van der Waals surface area contributed by atoms with Crippen LogP contribution in [0.5, 0.6) is 0 Å². The number of nitrogens with zero attached hydrogens (tertiary/aromatic N) is 1. The van der Waals surface area contributed by atoms with Crippen molar-refractivity contribution in [3.63, 3.8) is 0 Å². The molecule has 1 aliphatic heterocycles. The van der Waals surface area contributed by atoms with E-state index in [2.05, 4.69) is 0 Å². The molecular weight excluding hydrogens is 237 g/mol. The molecule has 0 radical (unpaired) electrons. The third-order valence-electron chi connectivity index (χ3n) is 3.55. The molecule has 0 saturated carbocycles. The quantitative estimate of drug-likeness (QED) is 0.331. The molecule has 0 unspecified atom stereocenters. The summed E-state index contributed by atoms with van der Waals surface area (Å²) in [6.45, 7) is 2.00. The van der Waals surface area contributed by atoms with Crippen molar-refractivity contribution in [3.05, 3.63) is 0 Å². The first-order valence-electron chi connectivity index (χ1n) is 6.21. The van der Waals surface area contributed by atoms with Crippen molar-refractivity contribution in [3.8, 4) is 0 Å². The summed E-state index contributed by atoms with van der Waals surface area (Å²) in [6.07, 6.45) is 1.36. The van der Waals surface area contributed by atoms with Gasteiger partial charge in [0.15, 0.2) is 0 Å². The topological polar surface area (TPSA) is 133 Å². The molecule has 2 atom stereocenters. The Hall–Kier alpha value is -0.665. The first-order chi connectivity index (χ1) is 8.40. The number of likely N-dealkylation sites (tertiary alicyclic amines) is 1. The fourth-order valence-corrected chi connectivity index (χ4v) is 2.53. The van der Waals surface area contributed by atoms with E-state index in [0.29, 0.717) is 39.0 Å². The van der Waals surface area contributed by atoms with Crippen LogP contribution in [0.15, 0.2) is 0 Å². The smallest absolute Gasteiger partial charge is 0.451 e. The molecule has 8 heteroatoms. The number of hydrogen-bond donors (Lipinski definition) is 5. The van der Waals surface area contributed by atoms with Gasteiger partial charge >= 0.3 is 13.1 Å². The van der Waals surface area contributed by atoms with Crippen LogP contribution in [0.4, 0.5) is 0 Å². The predicted octanol–water partition coefficient (Wildman–Crippen LogP) is -2.09. The van der Waals surface area contributed by atoms with Crippen LogP contribution in [0.2, 0.25) is 6.32 Å². The molecule has 0 aromatic heterocycles. The van der Waals surface area contributed by atoms with Crippen molar-refractivity contribution in [2.75, 3.05) is 26.2 Å². The van der Waals surface area contributed by atoms with Gasteiger partial charge in [-0.05, 0) is 12.7 Å². The number of rotatable bonds is 7. The van der Waals surface area contributed by atoms with Crippen molar-refractivity contribution in [2.24, 2.45) is 17.4 Å². The summed E-state index contributed by atoms with van der Waals surface area (Å²) < 4.78 is 0. The molecule has 0 aliphatic carbocycles. The largest absolute Gasteiger partial charge is 0.480 e. The summed E-state index contributed by atoms with van der Waals surface area (Å²) in [5.41, 5.74) is 10.2. The zero-order valence-electron chi connectivity index (χ0n) is 10.5. The van der Waals surface area contributed by atoms with Gasteiger partial charge in [-0.1, -0.05) is 6.42 Å². The van der Waals surface area contributed by atoms with Crippen molar-refractivity contribution in [1.82, 2.24) is 4.90 Å². The molecular formula is C10H22BN3O4. The number of carboxylic acid groups (broad SMARTS) is 1. The van der Waals surface area contributed by atoms with Crippen LogP contribution in [-0.4, -0.2) is 64.9 Å². The SMILES string of the molecule is NCCN1C[C@H](CCCB(O)O)[C@@](N)(C(=O)O)C1. The van der Waals surface area contributed by atoms with Crippen LogP contribution >= 0.6 is 0 Å². The standard InChI is InChI=1S/C10H22BN3O4/c12-4-5-14-6-8(2-1-3-11(17)18)10(13,7-14)9(15)16/h8,17-18H,1-7,12-13H2,(H,15,16)/t8-,10+/m0/s1. The number of hydrogen-bond acceptors (Lipinski definition) is 6. The first kappa shape index (κ1) is 15.4. The van der Waals surface area contributed by atoms with E-state index >= 15 is 0 Å². The normalized spacial score (nSPS) is 28.6. The highest BCUT2D eigenvalue weighted by molar-refractivity contribution is 6.40. The number of nitrogens with two attached hydrogens (primary N) is 2. The number of carboxylic acids is 1. The van der Waals surface area contributed by atoms with Gasteiger partial charge in [-0.25, -0.2) is 0 Å². The van der Waals surface area contributed by atoms with E-state index in [4.69, 9.17) is 21.5 Å². The van der Waals surface area contributed by atoms with Crippen molar-refractivity contribution < 1.29 is 19.9 Å². The molecule has 0 aromatic carbocycles. The van der Waals surface area contributed by atoms with Crippen LogP contribution < -0.4 is 11.5 Å². The van der Waals surface area contributed by atoms with Crippen LogP contribution in [0.3, 0.4) is 0 Å². The number of carbonyl (C=O) groups is 1. The highest BCUT2D eigenvalue weighted by Gasteiger charge is 2.48. The average Bonchev–Trinajstić information content (AvgIpc) is 2.57. The van der Waals surface area contributed by atoms with Crippen LogP contribution in [0.1, 0.15) is 12.8 Å². The Kier molecular flexibility index (Phi) is 5.55. The maximum Gasteiger partial charge on any atom is 0.451 e. The van der Waals surface area contributed by atoms with Gasteiger partial charge in [0, 0.05) is 32.1 Å². The van der Waals surface area contributed by atoms with Crippen molar-refractivity contribution in [2.45, 2.75) is 24.7 Å². The van der Waals surface area contributed by atoms with E-state index in [1.54, 1.807) is 0 Å². The molecule has 0 spiro atoms. The van der Waals surface area contributed by atoms with Gasteiger partial charge in [0.25, 0.3) is 0 Å². The molecule has 18 heavy (non-hydrogen) atoms. The molecule has 1 heterocycles. The lowest BCUT2D eigenvalue weighted by Gasteiger charge is -2.25. The van der Waals surface area contributed by atoms with Crippen LogP contribution in [0, 0.1) is 5.92 Å². The molecule has 1 aliphatic rings. The van der Waals surface area contributed by atoms with E-state index in [-0.39, 0.29) is 12.2 Å². The minimum atomic E-state index is -1.34. The predicted molar refractivity (Wildman–Crippen MR) is 67.8 cm³/mol. The van der Waals surface area contributed by atoms with Gasteiger partial charge in [-0.15, -0.1) is 0 Å². The second-order valence-corrected chi connectivity index (χ2v) is 4.98. The lowest BCUT2D eigenvalue weighted by molar-refractivity contribution is -0.144.